The van der Waals surface area contributed by atoms with Gasteiger partial charge in [-0.1, -0.05) is 0 Å². The lowest BCUT2D eigenvalue weighted by atomic mass is 10.3. The SMILES string of the molecule is COc1ccc(OCc2nnc3n2CCC3)cc1. The second-order valence-corrected chi connectivity index (χ2v) is 4.25. The lowest BCUT2D eigenvalue weighted by molar-refractivity contribution is 0.289. The van der Waals surface area contributed by atoms with Crippen LogP contribution in [-0.2, 0) is 19.6 Å². The molecular weight excluding hydrogens is 230 g/mol. The predicted molar refractivity (Wildman–Crippen MR) is 65.7 cm³/mol. The van der Waals surface area contributed by atoms with E-state index in [1.807, 2.05) is 24.3 Å². The number of hydrogen-bond acceptors (Lipinski definition) is 4. The summed E-state index contributed by atoms with van der Waals surface area (Å²) in [7, 11) is 1.65. The van der Waals surface area contributed by atoms with Gasteiger partial charge in [-0.05, 0) is 30.7 Å². The van der Waals surface area contributed by atoms with Gasteiger partial charge in [-0.25, -0.2) is 0 Å². The van der Waals surface area contributed by atoms with Gasteiger partial charge in [0.2, 0.25) is 0 Å². The molecule has 18 heavy (non-hydrogen) atoms. The van der Waals surface area contributed by atoms with Crippen LogP contribution in [0.3, 0.4) is 0 Å². The Balaban J connectivity index is 1.66. The number of aryl methyl sites for hydroxylation is 1. The van der Waals surface area contributed by atoms with Gasteiger partial charge in [0.05, 0.1) is 7.11 Å². The molecule has 3 rings (SSSR count). The van der Waals surface area contributed by atoms with Crippen molar-refractivity contribution >= 4 is 0 Å². The summed E-state index contributed by atoms with van der Waals surface area (Å²) in [6.07, 6.45) is 2.18. The first-order valence-electron chi connectivity index (χ1n) is 6.04. The Kier molecular flexibility index (Phi) is 2.88. The molecule has 0 bridgehead atoms. The summed E-state index contributed by atoms with van der Waals surface area (Å²) in [5.41, 5.74) is 0. The first-order chi connectivity index (χ1) is 8.86. The first kappa shape index (κ1) is 11.1. The van der Waals surface area contributed by atoms with Crippen molar-refractivity contribution in [3.05, 3.63) is 35.9 Å². The third kappa shape index (κ3) is 2.03. The van der Waals surface area contributed by atoms with Gasteiger partial charge in [0.1, 0.15) is 23.9 Å². The van der Waals surface area contributed by atoms with Crippen LogP contribution in [0.25, 0.3) is 0 Å². The highest BCUT2D eigenvalue weighted by atomic mass is 16.5. The molecule has 0 N–H and O–H groups in total. The summed E-state index contributed by atoms with van der Waals surface area (Å²) in [5.74, 6) is 3.61. The van der Waals surface area contributed by atoms with Crippen molar-refractivity contribution in [2.24, 2.45) is 0 Å². The van der Waals surface area contributed by atoms with Crippen LogP contribution in [0.4, 0.5) is 0 Å². The Hall–Kier alpha value is -2.04. The molecule has 0 atom stereocenters. The predicted octanol–water partition coefficient (Wildman–Crippen LogP) is 1.81. The summed E-state index contributed by atoms with van der Waals surface area (Å²) < 4.78 is 12.9. The molecule has 1 aliphatic rings. The zero-order valence-electron chi connectivity index (χ0n) is 10.3. The standard InChI is InChI=1S/C13H15N3O2/c1-17-10-4-6-11(7-5-10)18-9-13-15-14-12-3-2-8-16(12)13/h4-7H,2-3,8-9H2,1H3. The molecule has 5 heteroatoms. The van der Waals surface area contributed by atoms with Crippen LogP contribution in [0.2, 0.25) is 0 Å². The average molecular weight is 245 g/mol. The Morgan fingerprint density at radius 2 is 1.94 bits per heavy atom. The first-order valence-corrected chi connectivity index (χ1v) is 6.04. The molecule has 2 aromatic rings. The highest BCUT2D eigenvalue weighted by molar-refractivity contribution is 5.31. The minimum atomic E-state index is 0.458. The van der Waals surface area contributed by atoms with Crippen LogP contribution in [0.5, 0.6) is 11.5 Å². The average Bonchev–Trinajstić information content (AvgIpc) is 3.00. The molecule has 0 unspecified atom stereocenters. The van der Waals surface area contributed by atoms with Crippen molar-refractivity contribution < 1.29 is 9.47 Å². The van der Waals surface area contributed by atoms with Crippen molar-refractivity contribution in [1.29, 1.82) is 0 Å². The number of hydrogen-bond donors (Lipinski definition) is 0. The van der Waals surface area contributed by atoms with Crippen molar-refractivity contribution in [1.82, 2.24) is 14.8 Å². The number of nitrogens with zero attached hydrogens (tertiary/aromatic N) is 3. The number of aromatic nitrogens is 3. The second-order valence-electron chi connectivity index (χ2n) is 4.25. The fourth-order valence-corrected chi connectivity index (χ4v) is 2.14. The van der Waals surface area contributed by atoms with Gasteiger partial charge in [-0.15, -0.1) is 10.2 Å². The highest BCUT2D eigenvalue weighted by Gasteiger charge is 2.17. The van der Waals surface area contributed by atoms with E-state index in [9.17, 15) is 0 Å². The summed E-state index contributed by atoms with van der Waals surface area (Å²) in [6.45, 7) is 1.46. The molecule has 1 aliphatic heterocycles. The number of ether oxygens (including phenoxy) is 2. The van der Waals surface area contributed by atoms with E-state index in [1.165, 1.54) is 0 Å². The van der Waals surface area contributed by atoms with Crippen molar-refractivity contribution in [3.63, 3.8) is 0 Å². The molecule has 0 spiro atoms. The van der Waals surface area contributed by atoms with Crippen LogP contribution in [0, 0.1) is 0 Å². The zero-order valence-corrected chi connectivity index (χ0v) is 10.3. The van der Waals surface area contributed by atoms with E-state index < -0.39 is 0 Å². The number of fused-ring (bicyclic) bond motifs is 1. The summed E-state index contributed by atoms with van der Waals surface area (Å²) in [6, 6.07) is 7.54. The molecular formula is C13H15N3O2. The molecule has 0 saturated heterocycles. The van der Waals surface area contributed by atoms with Gasteiger partial charge in [-0.3, -0.25) is 0 Å². The normalized spacial score (nSPS) is 13.4. The molecule has 2 heterocycles. The molecule has 0 amide bonds. The van der Waals surface area contributed by atoms with Gasteiger partial charge in [0, 0.05) is 13.0 Å². The largest absolute Gasteiger partial charge is 0.497 e. The fourth-order valence-electron chi connectivity index (χ4n) is 2.14. The Labute approximate surface area is 105 Å². The molecule has 94 valence electrons. The molecule has 0 fully saturated rings. The van der Waals surface area contributed by atoms with Gasteiger partial charge in [0.25, 0.3) is 0 Å². The molecule has 0 aliphatic carbocycles. The van der Waals surface area contributed by atoms with E-state index in [2.05, 4.69) is 14.8 Å². The lowest BCUT2D eigenvalue weighted by Crippen LogP contribution is -2.05. The maximum Gasteiger partial charge on any atom is 0.171 e. The Morgan fingerprint density at radius 3 is 2.72 bits per heavy atom. The van der Waals surface area contributed by atoms with Crippen LogP contribution in [-0.4, -0.2) is 21.9 Å². The van der Waals surface area contributed by atoms with E-state index in [0.29, 0.717) is 6.61 Å². The maximum atomic E-state index is 5.70. The third-order valence-electron chi connectivity index (χ3n) is 3.11. The van der Waals surface area contributed by atoms with Crippen molar-refractivity contribution in [3.8, 4) is 11.5 Å². The van der Waals surface area contributed by atoms with E-state index in [4.69, 9.17) is 9.47 Å². The Bertz CT molecular complexity index is 534. The maximum absolute atomic E-state index is 5.70. The lowest BCUT2D eigenvalue weighted by Gasteiger charge is -2.07. The summed E-state index contributed by atoms with van der Waals surface area (Å²) >= 11 is 0. The van der Waals surface area contributed by atoms with Crippen molar-refractivity contribution in [2.75, 3.05) is 7.11 Å². The van der Waals surface area contributed by atoms with Gasteiger partial charge in [0.15, 0.2) is 5.82 Å². The zero-order chi connectivity index (χ0) is 12.4. The highest BCUT2D eigenvalue weighted by Crippen LogP contribution is 2.19. The van der Waals surface area contributed by atoms with Gasteiger partial charge < -0.3 is 14.0 Å². The monoisotopic (exact) mass is 245 g/mol. The molecule has 1 aromatic heterocycles. The number of rotatable bonds is 4. The minimum absolute atomic E-state index is 0.458. The molecule has 0 radical (unpaired) electrons. The van der Waals surface area contributed by atoms with Crippen LogP contribution in [0.15, 0.2) is 24.3 Å². The van der Waals surface area contributed by atoms with Gasteiger partial charge in [-0.2, -0.15) is 0 Å². The minimum Gasteiger partial charge on any atom is -0.497 e. The summed E-state index contributed by atoms with van der Waals surface area (Å²) in [5, 5.41) is 8.30. The molecule has 5 nitrogen and oxygen atoms in total. The smallest absolute Gasteiger partial charge is 0.171 e. The third-order valence-corrected chi connectivity index (χ3v) is 3.11. The second kappa shape index (κ2) is 4.68. The van der Waals surface area contributed by atoms with Crippen LogP contribution >= 0.6 is 0 Å². The quantitative estimate of drug-likeness (QED) is 0.824. The summed E-state index contributed by atoms with van der Waals surface area (Å²) in [4.78, 5) is 0. The number of benzene rings is 1. The topological polar surface area (TPSA) is 49.2 Å². The fraction of sp³-hybridized carbons (Fsp3) is 0.385. The van der Waals surface area contributed by atoms with Crippen molar-refractivity contribution in [2.45, 2.75) is 26.0 Å². The molecule has 1 aromatic carbocycles. The van der Waals surface area contributed by atoms with E-state index in [-0.39, 0.29) is 0 Å². The van der Waals surface area contributed by atoms with Crippen LogP contribution in [0.1, 0.15) is 18.1 Å². The number of methoxy groups -OCH3 is 1. The van der Waals surface area contributed by atoms with E-state index in [0.717, 1.165) is 42.5 Å². The van der Waals surface area contributed by atoms with Gasteiger partial charge >= 0.3 is 0 Å². The Morgan fingerprint density at radius 1 is 1.17 bits per heavy atom. The van der Waals surface area contributed by atoms with E-state index >= 15 is 0 Å². The van der Waals surface area contributed by atoms with E-state index in [1.54, 1.807) is 7.11 Å². The molecule has 0 saturated carbocycles. The van der Waals surface area contributed by atoms with Crippen LogP contribution < -0.4 is 9.47 Å².